The number of hydrazone groups is 1. The highest BCUT2D eigenvalue weighted by atomic mass is 16.3. The fourth-order valence-corrected chi connectivity index (χ4v) is 1.31. The topological polar surface area (TPSA) is 75.3 Å². The molecular weight excluding hydrogens is 178 g/mol. The van der Waals surface area contributed by atoms with E-state index in [4.69, 9.17) is 15.5 Å². The molecule has 0 saturated heterocycles. The number of nitriles is 1. The molecule has 0 amide bonds. The minimum absolute atomic E-state index is 0.604. The van der Waals surface area contributed by atoms with Crippen LogP contribution in [0.2, 0.25) is 0 Å². The van der Waals surface area contributed by atoms with Crippen molar-refractivity contribution in [3.05, 3.63) is 35.8 Å². The Morgan fingerprint density at radius 3 is 3.07 bits per heavy atom. The van der Waals surface area contributed by atoms with E-state index in [9.17, 15) is 0 Å². The Labute approximate surface area is 80.2 Å². The third-order valence-corrected chi connectivity index (χ3v) is 1.95. The molecule has 2 N–H and O–H groups in total. The number of hydrogen-bond donors (Lipinski definition) is 1. The second-order valence-corrected chi connectivity index (χ2v) is 2.79. The first-order valence-electron chi connectivity index (χ1n) is 4.00. The van der Waals surface area contributed by atoms with Crippen molar-refractivity contribution in [2.24, 2.45) is 10.9 Å². The second kappa shape index (κ2) is 3.23. The summed E-state index contributed by atoms with van der Waals surface area (Å²) in [7, 11) is 0. The molecule has 0 aliphatic rings. The van der Waals surface area contributed by atoms with Gasteiger partial charge in [-0.25, -0.2) is 0 Å². The highest BCUT2D eigenvalue weighted by molar-refractivity contribution is 5.97. The van der Waals surface area contributed by atoms with Crippen LogP contribution in [0, 0.1) is 11.3 Å². The van der Waals surface area contributed by atoms with Gasteiger partial charge in [-0.1, -0.05) is 0 Å². The Bertz CT molecular complexity index is 534. The summed E-state index contributed by atoms with van der Waals surface area (Å²) in [6.07, 6.45) is 3.02. The third-order valence-electron chi connectivity index (χ3n) is 1.95. The Morgan fingerprint density at radius 1 is 1.50 bits per heavy atom. The summed E-state index contributed by atoms with van der Waals surface area (Å²) in [6, 6.07) is 7.36. The van der Waals surface area contributed by atoms with Crippen molar-refractivity contribution < 1.29 is 4.42 Å². The Kier molecular flexibility index (Phi) is 1.92. The van der Waals surface area contributed by atoms with Crippen LogP contribution in [0.4, 0.5) is 0 Å². The van der Waals surface area contributed by atoms with Gasteiger partial charge in [-0.3, -0.25) is 0 Å². The zero-order valence-corrected chi connectivity index (χ0v) is 7.27. The van der Waals surface area contributed by atoms with Gasteiger partial charge in [-0.15, -0.1) is 0 Å². The molecule has 1 aromatic carbocycles. The molecule has 0 atom stereocenters. The van der Waals surface area contributed by atoms with Gasteiger partial charge in [0, 0.05) is 10.8 Å². The summed E-state index contributed by atoms with van der Waals surface area (Å²) < 4.78 is 5.22. The van der Waals surface area contributed by atoms with Gasteiger partial charge in [-0.2, -0.15) is 10.4 Å². The highest BCUT2D eigenvalue weighted by Crippen LogP contribution is 2.20. The Morgan fingerprint density at radius 2 is 2.36 bits per heavy atom. The molecule has 0 radical (unpaired) electrons. The summed E-state index contributed by atoms with van der Waals surface area (Å²) in [5, 5.41) is 13.8. The van der Waals surface area contributed by atoms with Crippen LogP contribution in [0.3, 0.4) is 0 Å². The molecule has 0 unspecified atom stereocenters. The van der Waals surface area contributed by atoms with E-state index in [-0.39, 0.29) is 0 Å². The first-order valence-corrected chi connectivity index (χ1v) is 4.00. The predicted molar refractivity (Wildman–Crippen MR) is 52.7 cm³/mol. The Hall–Kier alpha value is -2.28. The maximum atomic E-state index is 8.68. The molecule has 1 heterocycles. The molecular formula is C10H7N3O. The van der Waals surface area contributed by atoms with Crippen molar-refractivity contribution in [3.63, 3.8) is 0 Å². The molecule has 68 valence electrons. The van der Waals surface area contributed by atoms with Crippen LogP contribution >= 0.6 is 0 Å². The van der Waals surface area contributed by atoms with Crippen LogP contribution in [0.1, 0.15) is 11.3 Å². The van der Waals surface area contributed by atoms with Gasteiger partial charge in [-0.05, 0) is 18.2 Å². The largest absolute Gasteiger partial charge is 0.462 e. The minimum Gasteiger partial charge on any atom is -0.462 e. The molecule has 4 nitrogen and oxygen atoms in total. The quantitative estimate of drug-likeness (QED) is 0.416. The van der Waals surface area contributed by atoms with Gasteiger partial charge in [0.1, 0.15) is 0 Å². The number of furan rings is 1. The van der Waals surface area contributed by atoms with Crippen molar-refractivity contribution >= 4 is 17.0 Å². The number of rotatable bonds is 1. The van der Waals surface area contributed by atoms with Crippen molar-refractivity contribution in [1.29, 1.82) is 5.26 Å². The Balaban J connectivity index is 2.66. The molecule has 4 heteroatoms. The van der Waals surface area contributed by atoms with Gasteiger partial charge >= 0.3 is 0 Å². The maximum absolute atomic E-state index is 8.68. The number of nitrogens with two attached hydrogens (primary N) is 1. The lowest BCUT2D eigenvalue weighted by atomic mass is 10.1. The average Bonchev–Trinajstić information content (AvgIpc) is 2.61. The van der Waals surface area contributed by atoms with Crippen molar-refractivity contribution in [1.82, 2.24) is 0 Å². The SMILES string of the molecule is N#Cc1ccc2c(C=NN)occ2c1. The van der Waals surface area contributed by atoms with E-state index in [0.29, 0.717) is 11.3 Å². The number of nitrogens with zero attached hydrogens (tertiary/aromatic N) is 2. The molecule has 0 spiro atoms. The van der Waals surface area contributed by atoms with Gasteiger partial charge in [0.2, 0.25) is 0 Å². The summed E-state index contributed by atoms with van der Waals surface area (Å²) in [6.45, 7) is 0. The molecule has 2 rings (SSSR count). The van der Waals surface area contributed by atoms with Crippen LogP contribution in [0.5, 0.6) is 0 Å². The summed E-state index contributed by atoms with van der Waals surface area (Å²) >= 11 is 0. The lowest BCUT2D eigenvalue weighted by molar-refractivity contribution is 0.565. The summed E-state index contributed by atoms with van der Waals surface area (Å²) in [4.78, 5) is 0. The molecule has 0 saturated carbocycles. The van der Waals surface area contributed by atoms with Crippen molar-refractivity contribution in [3.8, 4) is 6.07 Å². The molecule has 0 fully saturated rings. The van der Waals surface area contributed by atoms with Crippen molar-refractivity contribution in [2.45, 2.75) is 0 Å². The lowest BCUT2D eigenvalue weighted by Crippen LogP contribution is -1.84. The average molecular weight is 185 g/mol. The van der Waals surface area contributed by atoms with E-state index in [0.717, 1.165) is 10.8 Å². The van der Waals surface area contributed by atoms with E-state index >= 15 is 0 Å². The zero-order chi connectivity index (χ0) is 9.97. The van der Waals surface area contributed by atoms with Crippen molar-refractivity contribution in [2.75, 3.05) is 0 Å². The van der Waals surface area contributed by atoms with Crippen LogP contribution in [-0.2, 0) is 0 Å². The zero-order valence-electron chi connectivity index (χ0n) is 7.27. The fraction of sp³-hybridized carbons (Fsp3) is 0. The summed E-state index contributed by atoms with van der Waals surface area (Å²) in [5.41, 5.74) is 0.606. The normalized spacial score (nSPS) is 10.8. The number of fused-ring (bicyclic) bond motifs is 1. The lowest BCUT2D eigenvalue weighted by Gasteiger charge is -1.89. The number of hydrogen-bond acceptors (Lipinski definition) is 4. The molecule has 1 aromatic heterocycles. The smallest absolute Gasteiger partial charge is 0.154 e. The first kappa shape index (κ1) is 8.32. The van der Waals surface area contributed by atoms with Gasteiger partial charge in [0.25, 0.3) is 0 Å². The van der Waals surface area contributed by atoms with Crippen LogP contribution in [0.15, 0.2) is 34.0 Å². The van der Waals surface area contributed by atoms with Crippen LogP contribution in [0.25, 0.3) is 10.8 Å². The predicted octanol–water partition coefficient (Wildman–Crippen LogP) is 1.60. The molecule has 14 heavy (non-hydrogen) atoms. The monoisotopic (exact) mass is 185 g/mol. The van der Waals surface area contributed by atoms with Gasteiger partial charge in [0.05, 0.1) is 24.1 Å². The standard InChI is InChI=1S/C10H7N3O/c11-4-7-1-2-9-8(3-7)6-14-10(9)5-13-12/h1-3,5-6H,12H2. The fourth-order valence-electron chi connectivity index (χ4n) is 1.31. The molecule has 0 aliphatic carbocycles. The van der Waals surface area contributed by atoms with Gasteiger partial charge in [0.15, 0.2) is 5.76 Å². The van der Waals surface area contributed by atoms with Gasteiger partial charge < -0.3 is 10.3 Å². The molecule has 2 aromatic rings. The molecule has 0 aliphatic heterocycles. The van der Waals surface area contributed by atoms with Crippen LogP contribution < -0.4 is 5.84 Å². The van der Waals surface area contributed by atoms with E-state index < -0.39 is 0 Å². The third kappa shape index (κ3) is 1.21. The molecule has 0 bridgehead atoms. The second-order valence-electron chi connectivity index (χ2n) is 2.79. The summed E-state index contributed by atoms with van der Waals surface area (Å²) in [5.74, 6) is 5.63. The highest BCUT2D eigenvalue weighted by Gasteiger charge is 2.04. The van der Waals surface area contributed by atoms with E-state index in [2.05, 4.69) is 11.2 Å². The van der Waals surface area contributed by atoms with E-state index in [1.807, 2.05) is 6.07 Å². The number of benzene rings is 1. The van der Waals surface area contributed by atoms with E-state index in [1.54, 1.807) is 18.4 Å². The maximum Gasteiger partial charge on any atom is 0.154 e. The van der Waals surface area contributed by atoms with Crippen LogP contribution in [-0.4, -0.2) is 6.21 Å². The van der Waals surface area contributed by atoms with E-state index in [1.165, 1.54) is 6.21 Å². The minimum atomic E-state index is 0.604. The first-order chi connectivity index (χ1) is 6.85.